The molecule has 0 fully saturated rings. The molecule has 0 bridgehead atoms. The SMILES string of the molecule is C1=Cc2cccc(-n3cccc3)c2C1. The van der Waals surface area contributed by atoms with Crippen LogP contribution in [0.3, 0.4) is 0 Å². The molecule has 14 heavy (non-hydrogen) atoms. The summed E-state index contributed by atoms with van der Waals surface area (Å²) in [6.45, 7) is 0. The van der Waals surface area contributed by atoms with Crippen molar-refractivity contribution in [3.05, 3.63) is 59.9 Å². The van der Waals surface area contributed by atoms with Gasteiger partial charge in [0.15, 0.2) is 0 Å². The minimum Gasteiger partial charge on any atom is -0.324 e. The fourth-order valence-electron chi connectivity index (χ4n) is 2.01. The lowest BCUT2D eigenvalue weighted by molar-refractivity contribution is 1.05. The van der Waals surface area contributed by atoms with E-state index in [0.717, 1.165) is 6.42 Å². The molecule has 1 heterocycles. The van der Waals surface area contributed by atoms with E-state index >= 15 is 0 Å². The van der Waals surface area contributed by atoms with Gasteiger partial charge in [0.25, 0.3) is 0 Å². The second kappa shape index (κ2) is 2.88. The summed E-state index contributed by atoms with van der Waals surface area (Å²) in [6.07, 6.45) is 9.66. The monoisotopic (exact) mass is 181 g/mol. The molecule has 1 aliphatic carbocycles. The lowest BCUT2D eigenvalue weighted by atomic mass is 10.1. The molecule has 0 unspecified atom stereocenters. The topological polar surface area (TPSA) is 4.93 Å². The third kappa shape index (κ3) is 1.02. The van der Waals surface area contributed by atoms with Crippen LogP contribution >= 0.6 is 0 Å². The highest BCUT2D eigenvalue weighted by Gasteiger charge is 2.09. The highest BCUT2D eigenvalue weighted by molar-refractivity contribution is 5.65. The van der Waals surface area contributed by atoms with Gasteiger partial charge in [-0.25, -0.2) is 0 Å². The minimum atomic E-state index is 1.06. The Morgan fingerprint density at radius 1 is 1.00 bits per heavy atom. The summed E-state index contributed by atoms with van der Waals surface area (Å²) < 4.78 is 2.17. The maximum Gasteiger partial charge on any atom is 0.0490 e. The molecular weight excluding hydrogens is 170 g/mol. The van der Waals surface area contributed by atoms with E-state index in [9.17, 15) is 0 Å². The smallest absolute Gasteiger partial charge is 0.0490 e. The minimum absolute atomic E-state index is 1.06. The van der Waals surface area contributed by atoms with Crippen LogP contribution in [0.4, 0.5) is 0 Å². The van der Waals surface area contributed by atoms with E-state index < -0.39 is 0 Å². The first-order chi connectivity index (χ1) is 6.95. The predicted molar refractivity (Wildman–Crippen MR) is 58.5 cm³/mol. The molecule has 0 radical (unpaired) electrons. The van der Waals surface area contributed by atoms with Gasteiger partial charge in [-0.3, -0.25) is 0 Å². The summed E-state index contributed by atoms with van der Waals surface area (Å²) in [6, 6.07) is 10.6. The first kappa shape index (κ1) is 7.63. The quantitative estimate of drug-likeness (QED) is 0.637. The van der Waals surface area contributed by atoms with Gasteiger partial charge in [0.05, 0.1) is 0 Å². The molecular formula is C13H11N. The van der Waals surface area contributed by atoms with E-state index in [2.05, 4.69) is 59.4 Å². The van der Waals surface area contributed by atoms with Gasteiger partial charge in [-0.15, -0.1) is 0 Å². The number of benzene rings is 1. The normalized spacial score (nSPS) is 13.1. The Morgan fingerprint density at radius 2 is 1.86 bits per heavy atom. The highest BCUT2D eigenvalue weighted by atomic mass is 14.9. The first-order valence-corrected chi connectivity index (χ1v) is 4.87. The number of nitrogens with zero attached hydrogens (tertiary/aromatic N) is 1. The van der Waals surface area contributed by atoms with Crippen LogP contribution in [-0.2, 0) is 6.42 Å². The third-order valence-electron chi connectivity index (χ3n) is 2.69. The Hall–Kier alpha value is -1.76. The highest BCUT2D eigenvalue weighted by Crippen LogP contribution is 2.25. The molecule has 1 nitrogen and oxygen atoms in total. The zero-order valence-corrected chi connectivity index (χ0v) is 7.85. The zero-order valence-electron chi connectivity index (χ0n) is 7.85. The summed E-state index contributed by atoms with van der Waals surface area (Å²) >= 11 is 0. The largest absolute Gasteiger partial charge is 0.324 e. The molecule has 0 amide bonds. The fourth-order valence-corrected chi connectivity index (χ4v) is 2.01. The van der Waals surface area contributed by atoms with Gasteiger partial charge in [-0.05, 0) is 35.7 Å². The standard InChI is InChI=1S/C13H11N/c1-2-10-14(9-1)13-8-4-6-11-5-3-7-12(11)13/h1-6,8-10H,7H2. The van der Waals surface area contributed by atoms with E-state index in [4.69, 9.17) is 0 Å². The van der Waals surface area contributed by atoms with Gasteiger partial charge in [0.2, 0.25) is 0 Å². The van der Waals surface area contributed by atoms with Crippen LogP contribution < -0.4 is 0 Å². The van der Waals surface area contributed by atoms with Crippen molar-refractivity contribution in [2.75, 3.05) is 0 Å². The summed E-state index contributed by atoms with van der Waals surface area (Å²) in [5.41, 5.74) is 4.09. The number of fused-ring (bicyclic) bond motifs is 1. The molecule has 1 heteroatoms. The molecule has 0 atom stereocenters. The van der Waals surface area contributed by atoms with Gasteiger partial charge in [0.1, 0.15) is 0 Å². The van der Waals surface area contributed by atoms with Crippen molar-refractivity contribution in [1.29, 1.82) is 0 Å². The van der Waals surface area contributed by atoms with Gasteiger partial charge < -0.3 is 4.57 Å². The van der Waals surface area contributed by atoms with Gasteiger partial charge >= 0.3 is 0 Å². The van der Waals surface area contributed by atoms with Crippen LogP contribution in [0, 0.1) is 0 Å². The summed E-state index contributed by atoms with van der Waals surface area (Å²) in [4.78, 5) is 0. The van der Waals surface area contributed by atoms with Crippen LogP contribution in [0.2, 0.25) is 0 Å². The molecule has 1 aromatic carbocycles. The van der Waals surface area contributed by atoms with Crippen LogP contribution in [0.25, 0.3) is 11.8 Å². The molecule has 1 aliphatic rings. The molecule has 0 N–H and O–H groups in total. The Kier molecular flexibility index (Phi) is 1.57. The summed E-state index contributed by atoms with van der Waals surface area (Å²) in [5.74, 6) is 0. The van der Waals surface area contributed by atoms with E-state index in [-0.39, 0.29) is 0 Å². The Morgan fingerprint density at radius 3 is 2.71 bits per heavy atom. The Labute approximate surface area is 83.3 Å². The van der Waals surface area contributed by atoms with Crippen molar-refractivity contribution < 1.29 is 0 Å². The van der Waals surface area contributed by atoms with Crippen molar-refractivity contribution in [2.24, 2.45) is 0 Å². The van der Waals surface area contributed by atoms with Gasteiger partial charge in [0, 0.05) is 18.1 Å². The van der Waals surface area contributed by atoms with Crippen LogP contribution in [-0.4, -0.2) is 4.57 Å². The molecule has 0 aliphatic heterocycles. The van der Waals surface area contributed by atoms with Crippen molar-refractivity contribution in [3.63, 3.8) is 0 Å². The summed E-state index contributed by atoms with van der Waals surface area (Å²) in [5, 5.41) is 0. The maximum absolute atomic E-state index is 2.22. The Bertz CT molecular complexity index is 478. The lowest BCUT2D eigenvalue weighted by Gasteiger charge is -2.08. The van der Waals surface area contributed by atoms with Crippen LogP contribution in [0.5, 0.6) is 0 Å². The molecule has 0 spiro atoms. The lowest BCUT2D eigenvalue weighted by Crippen LogP contribution is -1.96. The van der Waals surface area contributed by atoms with E-state index in [1.165, 1.54) is 16.8 Å². The van der Waals surface area contributed by atoms with Crippen LogP contribution in [0.15, 0.2) is 48.8 Å². The zero-order chi connectivity index (χ0) is 9.38. The average Bonchev–Trinajstić information content (AvgIpc) is 2.88. The maximum atomic E-state index is 2.22. The summed E-state index contributed by atoms with van der Waals surface area (Å²) in [7, 11) is 0. The number of hydrogen-bond donors (Lipinski definition) is 0. The molecule has 68 valence electrons. The molecule has 0 saturated carbocycles. The Balaban J connectivity index is 2.22. The predicted octanol–water partition coefficient (Wildman–Crippen LogP) is 3.05. The second-order valence-corrected chi connectivity index (χ2v) is 3.54. The number of hydrogen-bond acceptors (Lipinski definition) is 0. The molecule has 1 aromatic heterocycles. The number of aromatic nitrogens is 1. The fraction of sp³-hybridized carbons (Fsp3) is 0.0769. The van der Waals surface area contributed by atoms with Crippen molar-refractivity contribution in [2.45, 2.75) is 6.42 Å². The van der Waals surface area contributed by atoms with Crippen molar-refractivity contribution >= 4 is 6.08 Å². The number of allylic oxidation sites excluding steroid dienone is 1. The first-order valence-electron chi connectivity index (χ1n) is 4.87. The van der Waals surface area contributed by atoms with Gasteiger partial charge in [-0.1, -0.05) is 24.3 Å². The molecule has 3 rings (SSSR count). The average molecular weight is 181 g/mol. The molecule has 0 saturated heterocycles. The van der Waals surface area contributed by atoms with Gasteiger partial charge in [-0.2, -0.15) is 0 Å². The number of rotatable bonds is 1. The van der Waals surface area contributed by atoms with Crippen molar-refractivity contribution in [1.82, 2.24) is 4.57 Å². The van der Waals surface area contributed by atoms with E-state index in [0.29, 0.717) is 0 Å². The van der Waals surface area contributed by atoms with Crippen molar-refractivity contribution in [3.8, 4) is 5.69 Å². The third-order valence-corrected chi connectivity index (χ3v) is 2.69. The van der Waals surface area contributed by atoms with E-state index in [1.807, 2.05) is 0 Å². The second-order valence-electron chi connectivity index (χ2n) is 3.54. The molecule has 2 aromatic rings. The van der Waals surface area contributed by atoms with Crippen LogP contribution in [0.1, 0.15) is 11.1 Å². The van der Waals surface area contributed by atoms with E-state index in [1.54, 1.807) is 0 Å².